The summed E-state index contributed by atoms with van der Waals surface area (Å²) in [4.78, 5) is 2.78. The molecule has 0 aliphatic carbocycles. The van der Waals surface area contributed by atoms with Crippen molar-refractivity contribution in [1.82, 2.24) is 10.2 Å². The Morgan fingerprint density at radius 2 is 2.06 bits per heavy atom. The minimum atomic E-state index is 0.801. The molecule has 0 saturated carbocycles. The van der Waals surface area contributed by atoms with E-state index in [9.17, 15) is 0 Å². The van der Waals surface area contributed by atoms with Crippen molar-refractivity contribution in [3.8, 4) is 0 Å². The number of piperidine rings is 1. The number of nitrogens with zero attached hydrogens (tertiary/aromatic N) is 1. The molecule has 2 nitrogen and oxygen atoms in total. The van der Waals surface area contributed by atoms with Gasteiger partial charge < -0.3 is 5.32 Å². The Bertz CT molecular complexity index is 215. The SMILES string of the molecule is CCC(C)CC(CC)N1CC2CCCNC2C1. The second-order valence-electron chi connectivity index (χ2n) is 6.23. The van der Waals surface area contributed by atoms with E-state index in [0.717, 1.165) is 23.9 Å². The van der Waals surface area contributed by atoms with Crippen molar-refractivity contribution in [2.45, 2.75) is 65.0 Å². The Morgan fingerprint density at radius 1 is 1.24 bits per heavy atom. The van der Waals surface area contributed by atoms with E-state index in [0.29, 0.717) is 0 Å². The molecule has 0 radical (unpaired) electrons. The first-order chi connectivity index (χ1) is 8.24. The van der Waals surface area contributed by atoms with Gasteiger partial charge in [-0.15, -0.1) is 0 Å². The van der Waals surface area contributed by atoms with E-state index < -0.39 is 0 Å². The molecule has 100 valence electrons. The number of hydrogen-bond donors (Lipinski definition) is 1. The zero-order valence-electron chi connectivity index (χ0n) is 11.9. The second kappa shape index (κ2) is 6.19. The fourth-order valence-electron chi connectivity index (χ4n) is 3.58. The maximum Gasteiger partial charge on any atom is 0.0235 e. The van der Waals surface area contributed by atoms with Gasteiger partial charge in [0.1, 0.15) is 0 Å². The van der Waals surface area contributed by atoms with Crippen LogP contribution in [0.25, 0.3) is 0 Å². The summed E-state index contributed by atoms with van der Waals surface area (Å²) in [5, 5.41) is 3.72. The van der Waals surface area contributed by atoms with Crippen LogP contribution in [0.3, 0.4) is 0 Å². The average molecular weight is 238 g/mol. The van der Waals surface area contributed by atoms with Crippen LogP contribution in [0.4, 0.5) is 0 Å². The molecule has 2 heteroatoms. The lowest BCUT2D eigenvalue weighted by Crippen LogP contribution is -2.41. The number of nitrogens with one attached hydrogen (secondary N) is 1. The molecule has 4 atom stereocenters. The van der Waals surface area contributed by atoms with Crippen molar-refractivity contribution in [2.24, 2.45) is 11.8 Å². The maximum absolute atomic E-state index is 3.72. The van der Waals surface area contributed by atoms with Gasteiger partial charge in [0.15, 0.2) is 0 Å². The zero-order chi connectivity index (χ0) is 12.3. The topological polar surface area (TPSA) is 15.3 Å². The van der Waals surface area contributed by atoms with Crippen LogP contribution in [0.2, 0.25) is 0 Å². The predicted octanol–water partition coefficient (Wildman–Crippen LogP) is 2.89. The summed E-state index contributed by atoms with van der Waals surface area (Å²) < 4.78 is 0. The van der Waals surface area contributed by atoms with Gasteiger partial charge in [-0.1, -0.05) is 27.2 Å². The third-order valence-corrected chi connectivity index (χ3v) is 4.99. The summed E-state index contributed by atoms with van der Waals surface area (Å²) in [6.45, 7) is 11.0. The van der Waals surface area contributed by atoms with Crippen molar-refractivity contribution in [3.05, 3.63) is 0 Å². The number of rotatable bonds is 5. The summed E-state index contributed by atoms with van der Waals surface area (Å²) in [7, 11) is 0. The first-order valence-corrected chi connectivity index (χ1v) is 7.72. The van der Waals surface area contributed by atoms with Gasteiger partial charge in [0.05, 0.1) is 0 Å². The van der Waals surface area contributed by atoms with Crippen LogP contribution in [0.15, 0.2) is 0 Å². The molecule has 0 amide bonds. The highest BCUT2D eigenvalue weighted by molar-refractivity contribution is 4.94. The summed E-state index contributed by atoms with van der Waals surface area (Å²) in [6.07, 6.45) is 6.89. The lowest BCUT2D eigenvalue weighted by Gasteiger charge is -2.29. The van der Waals surface area contributed by atoms with Crippen LogP contribution in [-0.4, -0.2) is 36.6 Å². The second-order valence-corrected chi connectivity index (χ2v) is 6.23. The van der Waals surface area contributed by atoms with Crippen molar-refractivity contribution in [3.63, 3.8) is 0 Å². The van der Waals surface area contributed by atoms with Gasteiger partial charge >= 0.3 is 0 Å². The minimum absolute atomic E-state index is 0.801. The molecule has 2 heterocycles. The van der Waals surface area contributed by atoms with Crippen LogP contribution >= 0.6 is 0 Å². The summed E-state index contributed by atoms with van der Waals surface area (Å²) >= 11 is 0. The molecule has 0 bridgehead atoms. The lowest BCUT2D eigenvalue weighted by atomic mass is 9.94. The fourth-order valence-corrected chi connectivity index (χ4v) is 3.58. The summed E-state index contributed by atoms with van der Waals surface area (Å²) in [5.74, 6) is 1.82. The Morgan fingerprint density at radius 3 is 2.71 bits per heavy atom. The summed E-state index contributed by atoms with van der Waals surface area (Å²) in [6, 6.07) is 1.63. The van der Waals surface area contributed by atoms with Crippen molar-refractivity contribution < 1.29 is 0 Å². The smallest absolute Gasteiger partial charge is 0.0235 e. The largest absolute Gasteiger partial charge is 0.312 e. The lowest BCUT2D eigenvalue weighted by molar-refractivity contribution is 0.193. The highest BCUT2D eigenvalue weighted by Gasteiger charge is 2.36. The van der Waals surface area contributed by atoms with Crippen LogP contribution < -0.4 is 5.32 Å². The van der Waals surface area contributed by atoms with Gasteiger partial charge in [-0.2, -0.15) is 0 Å². The number of hydrogen-bond acceptors (Lipinski definition) is 2. The Labute approximate surface area is 107 Å². The van der Waals surface area contributed by atoms with E-state index in [2.05, 4.69) is 31.0 Å². The molecule has 2 saturated heterocycles. The van der Waals surface area contributed by atoms with E-state index in [1.54, 1.807) is 0 Å². The standard InChI is InChI=1S/C15H30N2/c1-4-12(3)9-14(5-2)17-10-13-7-6-8-16-15(13)11-17/h12-16H,4-11H2,1-3H3. The third kappa shape index (κ3) is 3.23. The fraction of sp³-hybridized carbons (Fsp3) is 1.00. The zero-order valence-corrected chi connectivity index (χ0v) is 11.9. The molecular weight excluding hydrogens is 208 g/mol. The Kier molecular flexibility index (Phi) is 4.87. The highest BCUT2D eigenvalue weighted by atomic mass is 15.2. The van der Waals surface area contributed by atoms with E-state index >= 15 is 0 Å². The molecule has 0 aromatic rings. The van der Waals surface area contributed by atoms with Crippen LogP contribution in [0.1, 0.15) is 52.9 Å². The van der Waals surface area contributed by atoms with Gasteiger partial charge in [-0.05, 0) is 44.1 Å². The number of likely N-dealkylation sites (tertiary alicyclic amines) is 1. The van der Waals surface area contributed by atoms with Gasteiger partial charge in [-0.3, -0.25) is 4.90 Å². The molecule has 1 N–H and O–H groups in total. The van der Waals surface area contributed by atoms with Crippen LogP contribution in [-0.2, 0) is 0 Å². The molecule has 0 aromatic carbocycles. The Balaban J connectivity index is 1.88. The van der Waals surface area contributed by atoms with Crippen molar-refractivity contribution in [1.29, 1.82) is 0 Å². The van der Waals surface area contributed by atoms with E-state index in [-0.39, 0.29) is 0 Å². The highest BCUT2D eigenvalue weighted by Crippen LogP contribution is 2.29. The molecule has 2 aliphatic heterocycles. The quantitative estimate of drug-likeness (QED) is 0.792. The van der Waals surface area contributed by atoms with Gasteiger partial charge in [0, 0.05) is 25.2 Å². The van der Waals surface area contributed by atoms with E-state index in [1.165, 1.54) is 51.7 Å². The first kappa shape index (κ1) is 13.4. The molecule has 4 unspecified atom stereocenters. The molecule has 0 spiro atoms. The summed E-state index contributed by atoms with van der Waals surface area (Å²) in [5.41, 5.74) is 0. The van der Waals surface area contributed by atoms with Gasteiger partial charge in [0.25, 0.3) is 0 Å². The monoisotopic (exact) mass is 238 g/mol. The molecule has 2 fully saturated rings. The first-order valence-electron chi connectivity index (χ1n) is 7.72. The van der Waals surface area contributed by atoms with Crippen LogP contribution in [0, 0.1) is 11.8 Å². The van der Waals surface area contributed by atoms with Crippen LogP contribution in [0.5, 0.6) is 0 Å². The average Bonchev–Trinajstić information content (AvgIpc) is 2.78. The molecular formula is C15H30N2. The maximum atomic E-state index is 3.72. The Hall–Kier alpha value is -0.0800. The van der Waals surface area contributed by atoms with Gasteiger partial charge in [-0.25, -0.2) is 0 Å². The van der Waals surface area contributed by atoms with E-state index in [4.69, 9.17) is 0 Å². The van der Waals surface area contributed by atoms with Crippen molar-refractivity contribution >= 4 is 0 Å². The molecule has 17 heavy (non-hydrogen) atoms. The van der Waals surface area contributed by atoms with E-state index in [1.807, 2.05) is 0 Å². The number of fused-ring (bicyclic) bond motifs is 1. The third-order valence-electron chi connectivity index (χ3n) is 4.99. The normalized spacial score (nSPS) is 33.4. The van der Waals surface area contributed by atoms with Crippen molar-refractivity contribution in [2.75, 3.05) is 19.6 Å². The predicted molar refractivity (Wildman–Crippen MR) is 74.2 cm³/mol. The van der Waals surface area contributed by atoms with Gasteiger partial charge in [0.2, 0.25) is 0 Å². The molecule has 2 rings (SSSR count). The molecule has 2 aliphatic rings. The minimum Gasteiger partial charge on any atom is -0.312 e. The molecule has 0 aromatic heterocycles.